The summed E-state index contributed by atoms with van der Waals surface area (Å²) in [5, 5.41) is 9.29. The highest BCUT2D eigenvalue weighted by molar-refractivity contribution is 6.32. The number of carboxylic acid groups (broad SMARTS) is 1. The van der Waals surface area contributed by atoms with Crippen LogP contribution in [-0.4, -0.2) is 17.2 Å². The number of aliphatic carboxylic acids is 1. The quantitative estimate of drug-likeness (QED) is 0.818. The molecule has 0 aliphatic carbocycles. The fourth-order valence-corrected chi connectivity index (χ4v) is 2.28. The molecule has 0 aliphatic rings. The lowest BCUT2D eigenvalue weighted by Gasteiger charge is -2.13. The minimum Gasteiger partial charge on any atom is -0.489 e. The number of carboxylic acids is 1. The molecule has 0 atom stereocenters. The molecule has 0 radical (unpaired) electrons. The molecular weight excluding hydrogens is 316 g/mol. The smallest absolute Gasteiger partial charge is 0.307 e. The number of ether oxygens (including phenoxy) is 2. The Morgan fingerprint density at radius 2 is 1.78 bits per heavy atom. The number of carbonyl (C=O) groups is 1. The number of hydrogen-bond acceptors (Lipinski definition) is 3. The Balaban J connectivity index is 1.95. The summed E-state index contributed by atoms with van der Waals surface area (Å²) in [6.07, 6.45) is 0.0756. The molecular formula is C18H19ClO4. The summed E-state index contributed by atoms with van der Waals surface area (Å²) in [6.45, 7) is 4.27. The first-order valence-electron chi connectivity index (χ1n) is 7.32. The first-order valence-corrected chi connectivity index (χ1v) is 7.70. The van der Waals surface area contributed by atoms with E-state index in [2.05, 4.69) is 0 Å². The van der Waals surface area contributed by atoms with Crippen LogP contribution in [0.2, 0.25) is 5.02 Å². The van der Waals surface area contributed by atoms with E-state index in [0.29, 0.717) is 23.1 Å². The average molecular weight is 335 g/mol. The Labute approximate surface area is 140 Å². The van der Waals surface area contributed by atoms with Gasteiger partial charge in [0.15, 0.2) is 0 Å². The van der Waals surface area contributed by atoms with Crippen LogP contribution in [0.3, 0.4) is 0 Å². The normalized spacial score (nSPS) is 10.6. The maximum absolute atomic E-state index is 10.6. The van der Waals surface area contributed by atoms with Gasteiger partial charge in [-0.1, -0.05) is 29.8 Å². The summed E-state index contributed by atoms with van der Waals surface area (Å²) < 4.78 is 11.3. The third kappa shape index (κ3) is 5.49. The second-order valence-corrected chi connectivity index (χ2v) is 5.84. The third-order valence-corrected chi connectivity index (χ3v) is 3.34. The summed E-state index contributed by atoms with van der Waals surface area (Å²) in [5.74, 6) is 0.484. The van der Waals surface area contributed by atoms with E-state index in [0.717, 1.165) is 11.1 Å². The molecule has 0 unspecified atom stereocenters. The Morgan fingerprint density at radius 1 is 1.13 bits per heavy atom. The van der Waals surface area contributed by atoms with E-state index in [1.54, 1.807) is 24.3 Å². The molecule has 0 spiro atoms. The lowest BCUT2D eigenvalue weighted by atomic mass is 10.1. The van der Waals surface area contributed by atoms with Crippen molar-refractivity contribution in [3.63, 3.8) is 0 Å². The molecule has 2 aromatic rings. The zero-order valence-electron chi connectivity index (χ0n) is 13.1. The monoisotopic (exact) mass is 334 g/mol. The van der Waals surface area contributed by atoms with Crippen molar-refractivity contribution < 1.29 is 19.4 Å². The van der Waals surface area contributed by atoms with Gasteiger partial charge in [-0.05, 0) is 49.2 Å². The van der Waals surface area contributed by atoms with E-state index >= 15 is 0 Å². The highest BCUT2D eigenvalue weighted by atomic mass is 35.5. The summed E-state index contributed by atoms with van der Waals surface area (Å²) in [4.78, 5) is 10.6. The second kappa shape index (κ2) is 7.88. The molecule has 2 aromatic carbocycles. The van der Waals surface area contributed by atoms with Gasteiger partial charge in [0, 0.05) is 0 Å². The molecule has 5 heteroatoms. The molecule has 0 saturated carbocycles. The Hall–Kier alpha value is -2.20. The van der Waals surface area contributed by atoms with Crippen LogP contribution >= 0.6 is 11.6 Å². The lowest BCUT2D eigenvalue weighted by Crippen LogP contribution is -2.06. The minimum atomic E-state index is -0.850. The molecule has 0 saturated heterocycles. The van der Waals surface area contributed by atoms with Crippen molar-refractivity contribution in [3.8, 4) is 11.5 Å². The molecule has 0 fully saturated rings. The van der Waals surface area contributed by atoms with Gasteiger partial charge in [-0.2, -0.15) is 0 Å². The van der Waals surface area contributed by atoms with Gasteiger partial charge in [-0.25, -0.2) is 0 Å². The summed E-state index contributed by atoms with van der Waals surface area (Å²) >= 11 is 6.19. The molecule has 122 valence electrons. The average Bonchev–Trinajstić information content (AvgIpc) is 2.48. The number of rotatable bonds is 7. The molecule has 1 N–H and O–H groups in total. The minimum absolute atomic E-state index is 0.00714. The van der Waals surface area contributed by atoms with E-state index < -0.39 is 5.97 Å². The molecule has 0 amide bonds. The Kier molecular flexibility index (Phi) is 5.88. The van der Waals surface area contributed by atoms with E-state index in [1.807, 2.05) is 32.0 Å². The van der Waals surface area contributed by atoms with Crippen LogP contribution in [0.1, 0.15) is 25.0 Å². The van der Waals surface area contributed by atoms with E-state index in [-0.39, 0.29) is 12.5 Å². The van der Waals surface area contributed by atoms with Crippen molar-refractivity contribution in [1.82, 2.24) is 0 Å². The highest BCUT2D eigenvalue weighted by Crippen LogP contribution is 2.27. The van der Waals surface area contributed by atoms with Crippen LogP contribution < -0.4 is 9.47 Å². The molecule has 23 heavy (non-hydrogen) atoms. The standard InChI is InChI=1S/C18H19ClO4/c1-12(2)23-17-8-5-14(9-16(17)19)11-22-15-6-3-13(4-7-15)10-18(20)21/h3-9,12H,10-11H2,1-2H3,(H,20,21). The number of halogens is 1. The predicted molar refractivity (Wildman–Crippen MR) is 89.3 cm³/mol. The molecule has 0 bridgehead atoms. The van der Waals surface area contributed by atoms with Gasteiger partial charge >= 0.3 is 5.97 Å². The van der Waals surface area contributed by atoms with Crippen LogP contribution in [0.25, 0.3) is 0 Å². The van der Waals surface area contributed by atoms with Crippen LogP contribution in [0.5, 0.6) is 11.5 Å². The number of hydrogen-bond donors (Lipinski definition) is 1. The molecule has 2 rings (SSSR count). The predicted octanol–water partition coefficient (Wildman–Crippen LogP) is 4.33. The SMILES string of the molecule is CC(C)Oc1ccc(COc2ccc(CC(=O)O)cc2)cc1Cl. The van der Waals surface area contributed by atoms with Crippen molar-refractivity contribution in [3.05, 3.63) is 58.6 Å². The summed E-state index contributed by atoms with van der Waals surface area (Å²) in [7, 11) is 0. The topological polar surface area (TPSA) is 55.8 Å². The van der Waals surface area contributed by atoms with Gasteiger partial charge in [0.2, 0.25) is 0 Å². The second-order valence-electron chi connectivity index (χ2n) is 5.43. The summed E-state index contributed by atoms with van der Waals surface area (Å²) in [5.41, 5.74) is 1.67. The maximum Gasteiger partial charge on any atom is 0.307 e. The van der Waals surface area contributed by atoms with Gasteiger partial charge in [-0.15, -0.1) is 0 Å². The third-order valence-electron chi connectivity index (χ3n) is 3.04. The van der Waals surface area contributed by atoms with Crippen LogP contribution in [0.4, 0.5) is 0 Å². The van der Waals surface area contributed by atoms with Crippen LogP contribution in [-0.2, 0) is 17.8 Å². The van der Waals surface area contributed by atoms with E-state index in [1.165, 1.54) is 0 Å². The van der Waals surface area contributed by atoms with Gasteiger partial charge in [0.25, 0.3) is 0 Å². The zero-order chi connectivity index (χ0) is 16.8. The maximum atomic E-state index is 10.6. The van der Waals surface area contributed by atoms with Crippen molar-refractivity contribution in [2.75, 3.05) is 0 Å². The molecule has 0 aromatic heterocycles. The zero-order valence-corrected chi connectivity index (χ0v) is 13.8. The fourth-order valence-electron chi connectivity index (χ4n) is 2.03. The lowest BCUT2D eigenvalue weighted by molar-refractivity contribution is -0.136. The number of benzene rings is 2. The van der Waals surface area contributed by atoms with E-state index in [9.17, 15) is 4.79 Å². The van der Waals surface area contributed by atoms with Crippen molar-refractivity contribution in [2.45, 2.75) is 33.0 Å². The van der Waals surface area contributed by atoms with Gasteiger partial charge < -0.3 is 14.6 Å². The molecule has 0 aliphatic heterocycles. The highest BCUT2D eigenvalue weighted by Gasteiger charge is 2.06. The van der Waals surface area contributed by atoms with Gasteiger partial charge in [-0.3, -0.25) is 4.79 Å². The van der Waals surface area contributed by atoms with Crippen molar-refractivity contribution >= 4 is 17.6 Å². The van der Waals surface area contributed by atoms with Crippen molar-refractivity contribution in [1.29, 1.82) is 0 Å². The van der Waals surface area contributed by atoms with Crippen LogP contribution in [0.15, 0.2) is 42.5 Å². The largest absolute Gasteiger partial charge is 0.489 e. The van der Waals surface area contributed by atoms with Crippen molar-refractivity contribution in [2.24, 2.45) is 0 Å². The first kappa shape index (κ1) is 17.2. The van der Waals surface area contributed by atoms with Crippen LogP contribution in [0, 0.1) is 0 Å². The first-order chi connectivity index (χ1) is 10.9. The molecule has 0 heterocycles. The Bertz CT molecular complexity index is 665. The van der Waals surface area contributed by atoms with Gasteiger partial charge in [0.1, 0.15) is 18.1 Å². The Morgan fingerprint density at radius 3 is 2.35 bits per heavy atom. The summed E-state index contributed by atoms with van der Waals surface area (Å²) in [6, 6.07) is 12.6. The molecule has 4 nitrogen and oxygen atoms in total. The van der Waals surface area contributed by atoms with E-state index in [4.69, 9.17) is 26.2 Å². The van der Waals surface area contributed by atoms with Gasteiger partial charge in [0.05, 0.1) is 17.5 Å². The fraction of sp³-hybridized carbons (Fsp3) is 0.278.